The quantitative estimate of drug-likeness (QED) is 0.549. The Morgan fingerprint density at radius 1 is 1.25 bits per heavy atom. The van der Waals surface area contributed by atoms with E-state index in [2.05, 4.69) is 26.6 Å². The van der Waals surface area contributed by atoms with Gasteiger partial charge in [-0.15, -0.1) is 0 Å². The lowest BCUT2D eigenvalue weighted by Crippen LogP contribution is -2.20. The second kappa shape index (κ2) is 4.29. The minimum atomic E-state index is -0.684. The van der Waals surface area contributed by atoms with Crippen molar-refractivity contribution < 1.29 is 4.12 Å². The Morgan fingerprint density at radius 2 is 1.75 bits per heavy atom. The van der Waals surface area contributed by atoms with Crippen molar-refractivity contribution in [2.75, 3.05) is 0 Å². The molecule has 0 rings (SSSR count). The highest BCUT2D eigenvalue weighted by molar-refractivity contribution is 6.63. The lowest BCUT2D eigenvalue weighted by atomic mass is 11.0. The molecule has 0 aliphatic rings. The Labute approximate surface area is 55.5 Å². The summed E-state index contributed by atoms with van der Waals surface area (Å²) in [5.74, 6) is 0. The maximum Gasteiger partial charge on any atom is 0.159 e. The highest BCUT2D eigenvalue weighted by Crippen LogP contribution is 1.94. The van der Waals surface area contributed by atoms with Crippen LogP contribution in [0.25, 0.3) is 0 Å². The van der Waals surface area contributed by atoms with E-state index in [9.17, 15) is 0 Å². The van der Waals surface area contributed by atoms with Crippen molar-refractivity contribution in [3.8, 4) is 0 Å². The molecule has 1 atom stereocenters. The Morgan fingerprint density at radius 3 is 1.88 bits per heavy atom. The predicted molar refractivity (Wildman–Crippen MR) is 43.5 cm³/mol. The monoisotopic (exact) mass is 148 g/mol. The Hall–Kier alpha value is 0.394. The average Bonchev–Trinajstić information content (AvgIpc) is 1.65. The molecular formula is C5H16OSi2. The summed E-state index contributed by atoms with van der Waals surface area (Å²) in [6.45, 7) is 8.96. The van der Waals surface area contributed by atoms with Gasteiger partial charge in [-0.3, -0.25) is 0 Å². The van der Waals surface area contributed by atoms with E-state index in [4.69, 9.17) is 4.12 Å². The maximum atomic E-state index is 5.68. The van der Waals surface area contributed by atoms with Gasteiger partial charge < -0.3 is 4.12 Å². The lowest BCUT2D eigenvalue weighted by Gasteiger charge is -2.11. The molecule has 1 nitrogen and oxygen atoms in total. The molecule has 0 N–H and O–H groups in total. The molecular weight excluding hydrogens is 132 g/mol. The normalized spacial score (nSPS) is 14.6. The van der Waals surface area contributed by atoms with Gasteiger partial charge in [0.1, 0.15) is 0 Å². The Balaban J connectivity index is 3.10. The van der Waals surface area contributed by atoms with Gasteiger partial charge in [0.2, 0.25) is 0 Å². The molecule has 0 bridgehead atoms. The molecule has 0 heterocycles. The zero-order valence-corrected chi connectivity index (χ0v) is 8.58. The van der Waals surface area contributed by atoms with E-state index in [-0.39, 0.29) is 0 Å². The van der Waals surface area contributed by atoms with Crippen molar-refractivity contribution in [1.82, 2.24) is 0 Å². The molecule has 0 saturated carbocycles. The van der Waals surface area contributed by atoms with Crippen LogP contribution in [-0.4, -0.2) is 18.1 Å². The standard InChI is InChI=1S/C5H16OSi2/c1-5-8(4)6-7(2)3/h7-8H,5H2,1-4H3. The first-order valence-electron chi connectivity index (χ1n) is 3.32. The van der Waals surface area contributed by atoms with Crippen LogP contribution in [0.5, 0.6) is 0 Å². The topological polar surface area (TPSA) is 9.23 Å². The number of rotatable bonds is 3. The largest absolute Gasteiger partial charge is 0.461 e. The van der Waals surface area contributed by atoms with Crippen molar-refractivity contribution in [3.63, 3.8) is 0 Å². The minimum absolute atomic E-state index is 0.677. The van der Waals surface area contributed by atoms with E-state index in [1.807, 2.05) is 0 Å². The minimum Gasteiger partial charge on any atom is -0.461 e. The average molecular weight is 148 g/mol. The summed E-state index contributed by atoms with van der Waals surface area (Å²) in [5.41, 5.74) is 0. The molecule has 0 saturated heterocycles. The van der Waals surface area contributed by atoms with Crippen molar-refractivity contribution in [2.45, 2.75) is 32.6 Å². The van der Waals surface area contributed by atoms with Gasteiger partial charge in [-0.25, -0.2) is 0 Å². The zero-order chi connectivity index (χ0) is 6.57. The van der Waals surface area contributed by atoms with E-state index >= 15 is 0 Å². The fraction of sp³-hybridized carbons (Fsp3) is 1.00. The van der Waals surface area contributed by atoms with Crippen LogP contribution in [0.2, 0.25) is 25.7 Å². The van der Waals surface area contributed by atoms with Crippen molar-refractivity contribution in [2.24, 2.45) is 0 Å². The second-order valence-corrected chi connectivity index (χ2v) is 8.03. The molecule has 50 valence electrons. The second-order valence-electron chi connectivity index (χ2n) is 2.40. The van der Waals surface area contributed by atoms with Crippen LogP contribution in [0.3, 0.4) is 0 Å². The molecule has 0 aliphatic carbocycles. The van der Waals surface area contributed by atoms with Crippen LogP contribution in [0.15, 0.2) is 0 Å². The zero-order valence-electron chi connectivity index (χ0n) is 6.27. The molecule has 0 aromatic carbocycles. The number of hydrogen-bond acceptors (Lipinski definition) is 1. The van der Waals surface area contributed by atoms with Crippen LogP contribution >= 0.6 is 0 Å². The third-order valence-electron chi connectivity index (χ3n) is 1.08. The van der Waals surface area contributed by atoms with E-state index in [0.717, 1.165) is 0 Å². The van der Waals surface area contributed by atoms with E-state index < -0.39 is 18.1 Å². The predicted octanol–water partition coefficient (Wildman–Crippen LogP) is 1.36. The summed E-state index contributed by atoms with van der Waals surface area (Å²) in [7, 11) is -1.36. The van der Waals surface area contributed by atoms with E-state index in [0.29, 0.717) is 0 Å². The Kier molecular flexibility index (Phi) is 4.50. The van der Waals surface area contributed by atoms with Crippen LogP contribution in [0.1, 0.15) is 6.92 Å². The summed E-state index contributed by atoms with van der Waals surface area (Å²) in [4.78, 5) is 0. The van der Waals surface area contributed by atoms with E-state index in [1.165, 1.54) is 6.04 Å². The first-order valence-corrected chi connectivity index (χ1v) is 8.54. The van der Waals surface area contributed by atoms with Crippen molar-refractivity contribution in [3.05, 3.63) is 0 Å². The Bertz CT molecular complexity index is 56.4. The first-order chi connectivity index (χ1) is 3.66. The van der Waals surface area contributed by atoms with Gasteiger partial charge in [-0.2, -0.15) is 0 Å². The fourth-order valence-corrected chi connectivity index (χ4v) is 5.05. The SMILES string of the molecule is CC[SiH](C)O[SiH](C)C. The molecule has 0 aromatic rings. The summed E-state index contributed by atoms with van der Waals surface area (Å²) >= 11 is 0. The van der Waals surface area contributed by atoms with E-state index in [1.54, 1.807) is 0 Å². The first kappa shape index (κ1) is 8.39. The molecule has 1 unspecified atom stereocenters. The van der Waals surface area contributed by atoms with Crippen LogP contribution in [-0.2, 0) is 4.12 Å². The van der Waals surface area contributed by atoms with Gasteiger partial charge in [0, 0.05) is 0 Å². The van der Waals surface area contributed by atoms with Gasteiger partial charge in [-0.05, 0) is 25.7 Å². The van der Waals surface area contributed by atoms with Crippen molar-refractivity contribution >= 4 is 18.1 Å². The highest BCUT2D eigenvalue weighted by atomic mass is 28.4. The van der Waals surface area contributed by atoms with Gasteiger partial charge in [0.25, 0.3) is 0 Å². The fourth-order valence-electron chi connectivity index (χ4n) is 0.561. The van der Waals surface area contributed by atoms with Gasteiger partial charge in [-0.1, -0.05) is 6.92 Å². The van der Waals surface area contributed by atoms with Gasteiger partial charge in [0.15, 0.2) is 18.1 Å². The summed E-state index contributed by atoms with van der Waals surface area (Å²) in [5, 5.41) is 0. The summed E-state index contributed by atoms with van der Waals surface area (Å²) in [6, 6.07) is 1.28. The maximum absolute atomic E-state index is 5.68. The molecule has 0 spiro atoms. The third kappa shape index (κ3) is 4.55. The van der Waals surface area contributed by atoms with Crippen LogP contribution in [0, 0.1) is 0 Å². The van der Waals surface area contributed by atoms with Gasteiger partial charge in [0.05, 0.1) is 0 Å². The number of hydrogen-bond donors (Lipinski definition) is 0. The van der Waals surface area contributed by atoms with Gasteiger partial charge >= 0.3 is 0 Å². The summed E-state index contributed by atoms with van der Waals surface area (Å²) in [6.07, 6.45) is 0. The molecule has 0 amide bonds. The molecule has 0 radical (unpaired) electrons. The smallest absolute Gasteiger partial charge is 0.159 e. The third-order valence-corrected chi connectivity index (χ3v) is 6.27. The molecule has 0 fully saturated rings. The lowest BCUT2D eigenvalue weighted by molar-refractivity contribution is 0.600. The molecule has 3 heteroatoms. The molecule has 0 aliphatic heterocycles. The van der Waals surface area contributed by atoms with Crippen LogP contribution in [0.4, 0.5) is 0 Å². The molecule has 8 heavy (non-hydrogen) atoms. The summed E-state index contributed by atoms with van der Waals surface area (Å²) < 4.78 is 5.68. The highest BCUT2D eigenvalue weighted by Gasteiger charge is 2.02. The molecule has 0 aromatic heterocycles. The van der Waals surface area contributed by atoms with Crippen LogP contribution < -0.4 is 0 Å². The van der Waals surface area contributed by atoms with Crippen molar-refractivity contribution in [1.29, 1.82) is 0 Å².